The summed E-state index contributed by atoms with van der Waals surface area (Å²) in [6.45, 7) is 2.26. The number of nitrogens with one attached hydrogen (secondary N) is 2. The van der Waals surface area contributed by atoms with Gasteiger partial charge in [-0.2, -0.15) is 0 Å². The number of hydrogen-bond acceptors (Lipinski definition) is 2. The normalized spacial score (nSPS) is 13.7. The van der Waals surface area contributed by atoms with Crippen molar-refractivity contribution in [2.45, 2.75) is 32.4 Å². The van der Waals surface area contributed by atoms with Gasteiger partial charge in [-0.1, -0.05) is 36.4 Å². The van der Waals surface area contributed by atoms with Crippen molar-refractivity contribution in [3.05, 3.63) is 71.0 Å². The maximum absolute atomic E-state index is 12.9. The summed E-state index contributed by atoms with van der Waals surface area (Å²) in [5.41, 5.74) is 3.03. The van der Waals surface area contributed by atoms with Crippen LogP contribution in [0.25, 0.3) is 0 Å². The second-order valence-electron chi connectivity index (χ2n) is 6.67. The molecule has 0 unspecified atom stereocenters. The van der Waals surface area contributed by atoms with Gasteiger partial charge >= 0.3 is 6.03 Å². The summed E-state index contributed by atoms with van der Waals surface area (Å²) in [6, 6.07) is 13.8. The number of benzene rings is 2. The maximum Gasteiger partial charge on any atom is 0.315 e. The Labute approximate surface area is 158 Å². The third-order valence-corrected chi connectivity index (χ3v) is 4.70. The third-order valence-electron chi connectivity index (χ3n) is 4.70. The van der Waals surface area contributed by atoms with Crippen molar-refractivity contribution >= 4 is 11.9 Å². The van der Waals surface area contributed by atoms with Crippen LogP contribution >= 0.6 is 0 Å². The van der Waals surface area contributed by atoms with E-state index in [0.29, 0.717) is 32.5 Å². The fourth-order valence-corrected chi connectivity index (χ4v) is 3.17. The van der Waals surface area contributed by atoms with E-state index in [0.717, 1.165) is 29.7 Å². The van der Waals surface area contributed by atoms with Crippen LogP contribution in [-0.4, -0.2) is 29.9 Å². The van der Waals surface area contributed by atoms with E-state index in [1.807, 2.05) is 29.2 Å². The minimum atomic E-state index is -0.265. The maximum atomic E-state index is 12.9. The zero-order chi connectivity index (χ0) is 19.1. The smallest absolute Gasteiger partial charge is 0.315 e. The number of nitrogens with zero attached hydrogens (tertiary/aromatic N) is 1. The molecule has 0 radical (unpaired) electrons. The first-order valence-electron chi connectivity index (χ1n) is 9.22. The van der Waals surface area contributed by atoms with Gasteiger partial charge in [0.05, 0.1) is 0 Å². The summed E-state index contributed by atoms with van der Waals surface area (Å²) in [7, 11) is 0. The first kappa shape index (κ1) is 18.9. The highest BCUT2D eigenvalue weighted by atomic mass is 19.1. The number of halogens is 1. The van der Waals surface area contributed by atoms with Crippen LogP contribution in [0.15, 0.2) is 48.5 Å². The molecule has 1 saturated heterocycles. The summed E-state index contributed by atoms with van der Waals surface area (Å²) < 4.78 is 12.9. The van der Waals surface area contributed by atoms with Crippen molar-refractivity contribution in [1.82, 2.24) is 15.5 Å². The molecule has 0 aromatic heterocycles. The van der Waals surface area contributed by atoms with Crippen LogP contribution in [0.5, 0.6) is 0 Å². The Morgan fingerprint density at radius 3 is 2.48 bits per heavy atom. The second-order valence-corrected chi connectivity index (χ2v) is 6.67. The van der Waals surface area contributed by atoms with Crippen molar-refractivity contribution in [2.75, 3.05) is 13.1 Å². The summed E-state index contributed by atoms with van der Waals surface area (Å²) >= 11 is 0. The summed E-state index contributed by atoms with van der Waals surface area (Å²) in [5, 5.41) is 5.66. The quantitative estimate of drug-likeness (QED) is 0.788. The predicted molar refractivity (Wildman–Crippen MR) is 101 cm³/mol. The molecule has 142 valence electrons. The van der Waals surface area contributed by atoms with E-state index in [9.17, 15) is 14.0 Å². The number of urea groups is 1. The van der Waals surface area contributed by atoms with Gasteiger partial charge in [-0.25, -0.2) is 9.18 Å². The standard InChI is InChI=1S/C21H24FN3O2/c22-19-9-7-16(8-10-19)11-12-23-21(27)24-14-17-4-1-2-5-18(17)15-25-13-3-6-20(25)26/h1-2,4-5,7-10H,3,6,11-15H2,(H2,23,24,27). The van der Waals surface area contributed by atoms with Gasteiger partial charge in [-0.15, -0.1) is 0 Å². The van der Waals surface area contributed by atoms with Crippen LogP contribution in [0.4, 0.5) is 9.18 Å². The minimum Gasteiger partial charge on any atom is -0.338 e. The van der Waals surface area contributed by atoms with Crippen LogP contribution in [0.1, 0.15) is 29.5 Å². The second kappa shape index (κ2) is 9.16. The summed E-state index contributed by atoms with van der Waals surface area (Å²) in [5.74, 6) is -0.0740. The van der Waals surface area contributed by atoms with Crippen LogP contribution in [0.2, 0.25) is 0 Å². The molecule has 2 aromatic carbocycles. The number of likely N-dealkylation sites (tertiary alicyclic amines) is 1. The van der Waals surface area contributed by atoms with Gasteiger partial charge in [0.15, 0.2) is 0 Å². The number of hydrogen-bond donors (Lipinski definition) is 2. The molecular weight excluding hydrogens is 345 g/mol. The highest BCUT2D eigenvalue weighted by Crippen LogP contribution is 2.17. The lowest BCUT2D eigenvalue weighted by Gasteiger charge is -2.18. The monoisotopic (exact) mass is 369 g/mol. The SMILES string of the molecule is O=C(NCCc1ccc(F)cc1)NCc1ccccc1CN1CCCC1=O. The van der Waals surface area contributed by atoms with Gasteiger partial charge in [0, 0.05) is 32.6 Å². The van der Waals surface area contributed by atoms with E-state index >= 15 is 0 Å². The van der Waals surface area contributed by atoms with Gasteiger partial charge in [-0.05, 0) is 41.7 Å². The molecule has 2 aromatic rings. The minimum absolute atomic E-state index is 0.191. The molecule has 1 fully saturated rings. The van der Waals surface area contributed by atoms with Crippen LogP contribution in [0, 0.1) is 5.82 Å². The zero-order valence-electron chi connectivity index (χ0n) is 15.2. The summed E-state index contributed by atoms with van der Waals surface area (Å²) in [6.07, 6.45) is 2.17. The van der Waals surface area contributed by atoms with Gasteiger partial charge in [-0.3, -0.25) is 4.79 Å². The first-order valence-corrected chi connectivity index (χ1v) is 9.22. The van der Waals surface area contributed by atoms with Crippen LogP contribution in [-0.2, 0) is 24.3 Å². The Morgan fingerprint density at radius 2 is 1.78 bits per heavy atom. The number of rotatable bonds is 7. The molecule has 0 atom stereocenters. The van der Waals surface area contributed by atoms with Gasteiger partial charge in [0.25, 0.3) is 0 Å². The molecule has 0 bridgehead atoms. The molecule has 5 nitrogen and oxygen atoms in total. The predicted octanol–water partition coefficient (Wildman–Crippen LogP) is 2.99. The number of amides is 3. The molecule has 1 aliphatic heterocycles. The van der Waals surface area contributed by atoms with Gasteiger partial charge in [0.2, 0.25) is 5.91 Å². The van der Waals surface area contributed by atoms with E-state index in [4.69, 9.17) is 0 Å². The molecule has 1 aliphatic rings. The van der Waals surface area contributed by atoms with Crippen molar-refractivity contribution in [2.24, 2.45) is 0 Å². The van der Waals surface area contributed by atoms with Crippen molar-refractivity contribution in [1.29, 1.82) is 0 Å². The molecular formula is C21H24FN3O2. The molecule has 0 spiro atoms. The fourth-order valence-electron chi connectivity index (χ4n) is 3.17. The van der Waals surface area contributed by atoms with E-state index in [1.165, 1.54) is 12.1 Å². The van der Waals surface area contributed by atoms with Crippen molar-refractivity contribution < 1.29 is 14.0 Å². The first-order chi connectivity index (χ1) is 13.1. The molecule has 0 saturated carbocycles. The molecule has 6 heteroatoms. The Balaban J connectivity index is 1.45. The third kappa shape index (κ3) is 5.54. The fraction of sp³-hybridized carbons (Fsp3) is 0.333. The Bertz CT molecular complexity index is 792. The number of carbonyl (C=O) groups is 2. The summed E-state index contributed by atoms with van der Waals surface area (Å²) in [4.78, 5) is 25.7. The highest BCUT2D eigenvalue weighted by Gasteiger charge is 2.20. The molecule has 27 heavy (non-hydrogen) atoms. The average Bonchev–Trinajstić information content (AvgIpc) is 3.07. The Kier molecular flexibility index (Phi) is 6.41. The zero-order valence-corrected chi connectivity index (χ0v) is 15.2. The van der Waals surface area contributed by atoms with Gasteiger partial charge in [0.1, 0.15) is 5.82 Å². The Morgan fingerprint density at radius 1 is 1.04 bits per heavy atom. The van der Waals surface area contributed by atoms with E-state index < -0.39 is 0 Å². The average molecular weight is 369 g/mol. The van der Waals surface area contributed by atoms with Crippen LogP contribution < -0.4 is 10.6 Å². The van der Waals surface area contributed by atoms with E-state index in [2.05, 4.69) is 10.6 Å². The van der Waals surface area contributed by atoms with Gasteiger partial charge < -0.3 is 15.5 Å². The molecule has 3 rings (SSSR count). The lowest BCUT2D eigenvalue weighted by Crippen LogP contribution is -2.36. The van der Waals surface area contributed by atoms with E-state index in [-0.39, 0.29) is 17.8 Å². The highest BCUT2D eigenvalue weighted by molar-refractivity contribution is 5.78. The van der Waals surface area contributed by atoms with E-state index in [1.54, 1.807) is 12.1 Å². The van der Waals surface area contributed by atoms with Crippen molar-refractivity contribution in [3.8, 4) is 0 Å². The largest absolute Gasteiger partial charge is 0.338 e. The molecule has 0 aliphatic carbocycles. The molecule has 3 amide bonds. The molecule has 2 N–H and O–H groups in total. The lowest BCUT2D eigenvalue weighted by atomic mass is 10.1. The van der Waals surface area contributed by atoms with Crippen LogP contribution in [0.3, 0.4) is 0 Å². The number of carbonyl (C=O) groups excluding carboxylic acids is 2. The van der Waals surface area contributed by atoms with Crippen molar-refractivity contribution in [3.63, 3.8) is 0 Å². The Hall–Kier alpha value is -2.89. The topological polar surface area (TPSA) is 61.4 Å². The lowest BCUT2D eigenvalue weighted by molar-refractivity contribution is -0.128. The molecule has 1 heterocycles.